The first-order valence-corrected chi connectivity index (χ1v) is 4.34. The predicted molar refractivity (Wildman–Crippen MR) is 51.1 cm³/mol. The molecule has 0 amide bonds. The maximum atomic E-state index is 11.3. The number of carbonyl (C=O) groups is 1. The van der Waals surface area contributed by atoms with Crippen molar-refractivity contribution in [3.63, 3.8) is 0 Å². The second kappa shape index (κ2) is 3.53. The standard InChI is InChI=1S/C10H8N2O3/c13-9(14)5-8-6-3-1-2-4-7(6)10(15)12-11-8/h1-4H,5H2,(H,12,15)(H,13,14)/p-1. The Labute approximate surface area is 84.4 Å². The van der Waals surface area contributed by atoms with Crippen LogP contribution in [0.2, 0.25) is 0 Å². The third kappa shape index (κ3) is 1.71. The molecule has 5 nitrogen and oxygen atoms in total. The average Bonchev–Trinajstić information content (AvgIpc) is 2.22. The Bertz CT molecular complexity index is 574. The summed E-state index contributed by atoms with van der Waals surface area (Å²) in [5.41, 5.74) is -0.0158. The molecule has 0 aliphatic heterocycles. The molecule has 1 aromatic carbocycles. The van der Waals surface area contributed by atoms with Crippen LogP contribution in [0, 0.1) is 0 Å². The number of nitrogens with one attached hydrogen (secondary N) is 1. The summed E-state index contributed by atoms with van der Waals surface area (Å²) in [5, 5.41) is 17.4. The van der Waals surface area contributed by atoms with Gasteiger partial charge in [-0.1, -0.05) is 18.2 Å². The minimum Gasteiger partial charge on any atom is -0.550 e. The van der Waals surface area contributed by atoms with Crippen molar-refractivity contribution in [3.8, 4) is 0 Å². The predicted octanol–water partition coefficient (Wildman–Crippen LogP) is -0.784. The van der Waals surface area contributed by atoms with E-state index in [0.717, 1.165) is 0 Å². The Kier molecular flexibility index (Phi) is 2.21. The number of aromatic amines is 1. The van der Waals surface area contributed by atoms with Gasteiger partial charge in [-0.2, -0.15) is 5.10 Å². The zero-order valence-electron chi connectivity index (χ0n) is 7.69. The number of benzene rings is 1. The minimum atomic E-state index is -1.22. The average molecular weight is 203 g/mol. The van der Waals surface area contributed by atoms with Gasteiger partial charge in [-0.3, -0.25) is 4.79 Å². The zero-order valence-corrected chi connectivity index (χ0v) is 7.69. The molecule has 1 heterocycles. The van der Waals surface area contributed by atoms with Crippen molar-refractivity contribution in [3.05, 3.63) is 40.3 Å². The molecule has 0 bridgehead atoms. The number of carboxylic acid groups (broad SMARTS) is 1. The number of aromatic nitrogens is 2. The van der Waals surface area contributed by atoms with E-state index in [9.17, 15) is 14.7 Å². The van der Waals surface area contributed by atoms with Crippen LogP contribution in [0.3, 0.4) is 0 Å². The van der Waals surface area contributed by atoms with Crippen LogP contribution in [0.25, 0.3) is 10.8 Å². The van der Waals surface area contributed by atoms with Crippen molar-refractivity contribution < 1.29 is 9.90 Å². The van der Waals surface area contributed by atoms with Crippen LogP contribution < -0.4 is 10.7 Å². The van der Waals surface area contributed by atoms with E-state index in [1.807, 2.05) is 0 Å². The molecule has 0 radical (unpaired) electrons. The first-order valence-electron chi connectivity index (χ1n) is 4.34. The van der Waals surface area contributed by atoms with E-state index in [0.29, 0.717) is 16.5 Å². The van der Waals surface area contributed by atoms with Crippen molar-refractivity contribution in [2.45, 2.75) is 6.42 Å². The number of nitrogens with zero attached hydrogens (tertiary/aromatic N) is 1. The van der Waals surface area contributed by atoms with E-state index in [-0.39, 0.29) is 12.0 Å². The third-order valence-corrected chi connectivity index (χ3v) is 2.09. The topological polar surface area (TPSA) is 85.9 Å². The molecule has 0 aliphatic rings. The van der Waals surface area contributed by atoms with Crippen molar-refractivity contribution >= 4 is 16.7 Å². The lowest BCUT2D eigenvalue weighted by atomic mass is 10.1. The summed E-state index contributed by atoms with van der Waals surface area (Å²) < 4.78 is 0. The molecule has 0 atom stereocenters. The van der Waals surface area contributed by atoms with Gasteiger partial charge in [-0.15, -0.1) is 0 Å². The fourth-order valence-corrected chi connectivity index (χ4v) is 1.44. The van der Waals surface area contributed by atoms with Crippen LogP contribution >= 0.6 is 0 Å². The quantitative estimate of drug-likeness (QED) is 0.693. The largest absolute Gasteiger partial charge is 0.550 e. The van der Waals surface area contributed by atoms with Gasteiger partial charge in [0.1, 0.15) is 0 Å². The highest BCUT2D eigenvalue weighted by molar-refractivity contribution is 5.86. The lowest BCUT2D eigenvalue weighted by Gasteiger charge is -2.04. The van der Waals surface area contributed by atoms with Gasteiger partial charge in [0.25, 0.3) is 5.56 Å². The number of H-pyrrole nitrogens is 1. The third-order valence-electron chi connectivity index (χ3n) is 2.09. The summed E-state index contributed by atoms with van der Waals surface area (Å²) in [7, 11) is 0. The molecule has 0 aliphatic carbocycles. The van der Waals surface area contributed by atoms with E-state index < -0.39 is 5.97 Å². The highest BCUT2D eigenvalue weighted by Crippen LogP contribution is 2.12. The van der Waals surface area contributed by atoms with Gasteiger partial charge in [0, 0.05) is 17.8 Å². The Hall–Kier alpha value is -2.17. The van der Waals surface area contributed by atoms with Gasteiger partial charge in [0.15, 0.2) is 0 Å². The molecule has 2 rings (SSSR count). The first-order chi connectivity index (χ1) is 7.18. The molecule has 0 spiro atoms. The van der Waals surface area contributed by atoms with E-state index in [4.69, 9.17) is 0 Å². The molecule has 0 saturated carbocycles. The van der Waals surface area contributed by atoms with Gasteiger partial charge in [0.05, 0.1) is 11.1 Å². The Morgan fingerprint density at radius 1 is 1.33 bits per heavy atom. The van der Waals surface area contributed by atoms with E-state index in [1.165, 1.54) is 0 Å². The van der Waals surface area contributed by atoms with Crippen molar-refractivity contribution in [2.24, 2.45) is 0 Å². The van der Waals surface area contributed by atoms with Crippen LogP contribution in [0.5, 0.6) is 0 Å². The molecule has 1 N–H and O–H groups in total. The Balaban J connectivity index is 2.71. The van der Waals surface area contributed by atoms with Crippen molar-refractivity contribution in [2.75, 3.05) is 0 Å². The van der Waals surface area contributed by atoms with Crippen LogP contribution in [0.4, 0.5) is 0 Å². The molecule has 0 saturated heterocycles. The van der Waals surface area contributed by atoms with Crippen molar-refractivity contribution in [1.29, 1.82) is 0 Å². The maximum Gasteiger partial charge on any atom is 0.272 e. The SMILES string of the molecule is O=C([O-])Cc1n[nH]c(=O)c2ccccc12. The monoisotopic (exact) mass is 203 g/mol. The first kappa shape index (κ1) is 9.39. The Morgan fingerprint density at radius 3 is 2.67 bits per heavy atom. The zero-order chi connectivity index (χ0) is 10.8. The van der Waals surface area contributed by atoms with Gasteiger partial charge < -0.3 is 9.90 Å². The Morgan fingerprint density at radius 2 is 2.00 bits per heavy atom. The summed E-state index contributed by atoms with van der Waals surface area (Å²) in [5.74, 6) is -1.22. The number of rotatable bonds is 2. The molecule has 76 valence electrons. The van der Waals surface area contributed by atoms with E-state index in [1.54, 1.807) is 24.3 Å². The van der Waals surface area contributed by atoms with Gasteiger partial charge >= 0.3 is 0 Å². The maximum absolute atomic E-state index is 11.3. The van der Waals surface area contributed by atoms with Crippen molar-refractivity contribution in [1.82, 2.24) is 10.2 Å². The number of fused-ring (bicyclic) bond motifs is 1. The highest BCUT2D eigenvalue weighted by atomic mass is 16.4. The second-order valence-corrected chi connectivity index (χ2v) is 3.09. The smallest absolute Gasteiger partial charge is 0.272 e. The molecule has 15 heavy (non-hydrogen) atoms. The molecular weight excluding hydrogens is 196 g/mol. The minimum absolute atomic E-state index is 0.308. The van der Waals surface area contributed by atoms with Crippen LogP contribution in [-0.4, -0.2) is 16.2 Å². The lowest BCUT2D eigenvalue weighted by Crippen LogP contribution is -2.26. The number of hydrogen-bond acceptors (Lipinski definition) is 4. The molecule has 2 aromatic rings. The van der Waals surface area contributed by atoms with Gasteiger partial charge in [-0.05, 0) is 6.07 Å². The normalized spacial score (nSPS) is 10.4. The fourth-order valence-electron chi connectivity index (χ4n) is 1.44. The molecular formula is C10H7N2O3-. The number of carboxylic acids is 1. The molecule has 5 heteroatoms. The molecule has 0 fully saturated rings. The van der Waals surface area contributed by atoms with Gasteiger partial charge in [0.2, 0.25) is 0 Å². The summed E-state index contributed by atoms with van der Waals surface area (Å²) in [6, 6.07) is 6.72. The molecule has 1 aromatic heterocycles. The van der Waals surface area contributed by atoms with E-state index >= 15 is 0 Å². The number of carbonyl (C=O) groups excluding carboxylic acids is 1. The second-order valence-electron chi connectivity index (χ2n) is 3.09. The lowest BCUT2D eigenvalue weighted by molar-refractivity contribution is -0.304. The summed E-state index contributed by atoms with van der Waals surface area (Å²) >= 11 is 0. The molecule has 0 unspecified atom stereocenters. The fraction of sp³-hybridized carbons (Fsp3) is 0.100. The number of hydrogen-bond donors (Lipinski definition) is 1. The highest BCUT2D eigenvalue weighted by Gasteiger charge is 2.05. The summed E-state index contributed by atoms with van der Waals surface area (Å²) in [4.78, 5) is 21.8. The van der Waals surface area contributed by atoms with Gasteiger partial charge in [-0.25, -0.2) is 5.10 Å². The van der Waals surface area contributed by atoms with Crippen LogP contribution in [0.15, 0.2) is 29.1 Å². The summed E-state index contributed by atoms with van der Waals surface area (Å²) in [6.07, 6.45) is -0.308. The number of aliphatic carboxylic acids is 1. The van der Waals surface area contributed by atoms with Crippen LogP contribution in [-0.2, 0) is 11.2 Å². The van der Waals surface area contributed by atoms with Crippen LogP contribution in [0.1, 0.15) is 5.69 Å². The van der Waals surface area contributed by atoms with E-state index in [2.05, 4.69) is 10.2 Å². The summed E-state index contributed by atoms with van der Waals surface area (Å²) in [6.45, 7) is 0.